The fourth-order valence-corrected chi connectivity index (χ4v) is 2.58. The molecular weight excluding hydrogens is 314 g/mol. The van der Waals surface area contributed by atoms with Crippen LogP contribution in [0.1, 0.15) is 17.3 Å². The molecule has 1 N–H and O–H groups in total. The van der Waals surface area contributed by atoms with Crippen LogP contribution in [0.4, 0.5) is 0 Å². The van der Waals surface area contributed by atoms with Gasteiger partial charge in [-0.1, -0.05) is 41.9 Å². The van der Waals surface area contributed by atoms with E-state index < -0.39 is 6.04 Å². The molecule has 0 aliphatic rings. The Bertz CT molecular complexity index is 817. The Morgan fingerprint density at radius 2 is 2.04 bits per heavy atom. The second kappa shape index (κ2) is 6.81. The van der Waals surface area contributed by atoms with Crippen molar-refractivity contribution in [2.24, 2.45) is 0 Å². The molecule has 0 bridgehead atoms. The zero-order valence-corrected chi connectivity index (χ0v) is 13.3. The Hall–Kier alpha value is -2.37. The second-order valence-corrected chi connectivity index (χ2v) is 5.53. The molecule has 2 heterocycles. The van der Waals surface area contributed by atoms with E-state index in [0.717, 1.165) is 16.9 Å². The van der Waals surface area contributed by atoms with Crippen LogP contribution in [0.5, 0.6) is 0 Å². The number of ether oxygens (including phenoxy) is 1. The summed E-state index contributed by atoms with van der Waals surface area (Å²) >= 11 is 5.97. The number of imidazole rings is 1. The van der Waals surface area contributed by atoms with E-state index >= 15 is 0 Å². The smallest absolute Gasteiger partial charge is 0.327 e. The van der Waals surface area contributed by atoms with Gasteiger partial charge in [-0.2, -0.15) is 0 Å². The van der Waals surface area contributed by atoms with Gasteiger partial charge in [0.15, 0.2) is 0 Å². The summed E-state index contributed by atoms with van der Waals surface area (Å²) in [6.45, 7) is 0.438. The Morgan fingerprint density at radius 3 is 2.78 bits per heavy atom. The molecule has 0 fully saturated rings. The number of carbonyl (C=O) groups is 1. The average Bonchev–Trinajstić information content (AvgIpc) is 2.97. The predicted molar refractivity (Wildman–Crippen MR) is 88.2 cm³/mol. The normalized spacial score (nSPS) is 12.3. The molecule has 2 aromatic heterocycles. The number of aromatic nitrogens is 2. The molecule has 0 aliphatic carbocycles. The lowest BCUT2D eigenvalue weighted by Crippen LogP contribution is -2.29. The van der Waals surface area contributed by atoms with Crippen LogP contribution < -0.4 is 5.32 Å². The van der Waals surface area contributed by atoms with Crippen LogP contribution in [0.15, 0.2) is 54.9 Å². The number of hydrogen-bond donors (Lipinski definition) is 1. The fraction of sp³-hybridized carbons (Fsp3) is 0.176. The van der Waals surface area contributed by atoms with Gasteiger partial charge in [-0.3, -0.25) is 5.32 Å². The van der Waals surface area contributed by atoms with Gasteiger partial charge in [-0.05, 0) is 17.7 Å². The van der Waals surface area contributed by atoms with E-state index in [1.807, 2.05) is 47.0 Å². The lowest BCUT2D eigenvalue weighted by Gasteiger charge is -2.16. The SMILES string of the molecule is COC(=O)C(NCc1cn2cc(Cl)ccc2n1)c1ccccc1. The number of fused-ring (bicyclic) bond motifs is 1. The minimum Gasteiger partial charge on any atom is -0.468 e. The maximum atomic E-state index is 12.0. The van der Waals surface area contributed by atoms with Crippen molar-refractivity contribution in [1.29, 1.82) is 0 Å². The van der Waals surface area contributed by atoms with Crippen molar-refractivity contribution >= 4 is 23.2 Å². The first-order valence-corrected chi connectivity index (χ1v) is 7.54. The Kier molecular flexibility index (Phi) is 4.60. The van der Waals surface area contributed by atoms with Gasteiger partial charge in [-0.15, -0.1) is 0 Å². The molecule has 6 heteroatoms. The molecule has 1 atom stereocenters. The molecular formula is C17H16ClN3O2. The summed E-state index contributed by atoms with van der Waals surface area (Å²) in [5.74, 6) is -0.331. The van der Waals surface area contributed by atoms with Crippen molar-refractivity contribution in [2.45, 2.75) is 12.6 Å². The molecule has 1 unspecified atom stereocenters. The molecule has 0 radical (unpaired) electrons. The fourth-order valence-electron chi connectivity index (χ4n) is 2.41. The number of benzene rings is 1. The van der Waals surface area contributed by atoms with Crippen molar-refractivity contribution in [3.8, 4) is 0 Å². The van der Waals surface area contributed by atoms with Crippen LogP contribution in [0.2, 0.25) is 5.02 Å². The number of nitrogens with one attached hydrogen (secondary N) is 1. The van der Waals surface area contributed by atoms with E-state index in [0.29, 0.717) is 11.6 Å². The maximum Gasteiger partial charge on any atom is 0.327 e. The molecule has 0 spiro atoms. The monoisotopic (exact) mass is 329 g/mol. The Balaban J connectivity index is 1.78. The summed E-state index contributed by atoms with van der Waals surface area (Å²) in [7, 11) is 1.38. The summed E-state index contributed by atoms with van der Waals surface area (Å²) in [5.41, 5.74) is 2.48. The van der Waals surface area contributed by atoms with Crippen LogP contribution in [0.3, 0.4) is 0 Å². The highest BCUT2D eigenvalue weighted by Crippen LogP contribution is 2.16. The van der Waals surface area contributed by atoms with Gasteiger partial charge >= 0.3 is 5.97 Å². The molecule has 3 aromatic rings. The van der Waals surface area contributed by atoms with Gasteiger partial charge in [0.05, 0.1) is 17.8 Å². The standard InChI is InChI=1S/C17H16ClN3O2/c1-23-17(22)16(12-5-3-2-4-6-12)19-9-14-11-21-10-13(18)7-8-15(21)20-14/h2-8,10-11,16,19H,9H2,1H3. The van der Waals surface area contributed by atoms with E-state index in [1.165, 1.54) is 7.11 Å². The highest BCUT2D eigenvalue weighted by atomic mass is 35.5. The topological polar surface area (TPSA) is 55.6 Å². The molecule has 5 nitrogen and oxygen atoms in total. The van der Waals surface area contributed by atoms with E-state index in [1.54, 1.807) is 12.3 Å². The number of hydrogen-bond acceptors (Lipinski definition) is 4. The number of rotatable bonds is 5. The number of methoxy groups -OCH3 is 1. The first-order chi connectivity index (χ1) is 11.2. The van der Waals surface area contributed by atoms with Gasteiger partial charge in [-0.25, -0.2) is 9.78 Å². The third kappa shape index (κ3) is 3.52. The summed E-state index contributed by atoms with van der Waals surface area (Å²) in [4.78, 5) is 16.5. The predicted octanol–water partition coefficient (Wildman–Crippen LogP) is 2.99. The van der Waals surface area contributed by atoms with Crippen molar-refractivity contribution < 1.29 is 9.53 Å². The molecule has 1 aromatic carbocycles. The number of nitrogens with zero attached hydrogens (tertiary/aromatic N) is 2. The van der Waals surface area contributed by atoms with Gasteiger partial charge < -0.3 is 9.14 Å². The first-order valence-electron chi connectivity index (χ1n) is 7.16. The first kappa shape index (κ1) is 15.5. The third-order valence-corrected chi connectivity index (χ3v) is 3.75. The van der Waals surface area contributed by atoms with E-state index in [9.17, 15) is 4.79 Å². The molecule has 0 saturated carbocycles. The van der Waals surface area contributed by atoms with E-state index in [2.05, 4.69) is 10.3 Å². The van der Waals surface area contributed by atoms with Gasteiger partial charge in [0.2, 0.25) is 0 Å². The minimum absolute atomic E-state index is 0.331. The van der Waals surface area contributed by atoms with E-state index in [4.69, 9.17) is 16.3 Å². The zero-order valence-electron chi connectivity index (χ0n) is 12.6. The van der Waals surface area contributed by atoms with Crippen molar-refractivity contribution in [3.63, 3.8) is 0 Å². The Morgan fingerprint density at radius 1 is 1.26 bits per heavy atom. The summed E-state index contributed by atoms with van der Waals surface area (Å²) in [6.07, 6.45) is 3.68. The number of esters is 1. The van der Waals surface area contributed by atoms with Gasteiger partial charge in [0.25, 0.3) is 0 Å². The highest BCUT2D eigenvalue weighted by Gasteiger charge is 2.20. The van der Waals surface area contributed by atoms with Crippen LogP contribution in [0.25, 0.3) is 5.65 Å². The van der Waals surface area contributed by atoms with Crippen molar-refractivity contribution in [2.75, 3.05) is 7.11 Å². The number of halogens is 1. The molecule has 118 valence electrons. The molecule has 0 amide bonds. The van der Waals surface area contributed by atoms with Crippen molar-refractivity contribution in [1.82, 2.24) is 14.7 Å². The average molecular weight is 330 g/mol. The van der Waals surface area contributed by atoms with Crippen LogP contribution >= 0.6 is 11.6 Å². The number of carbonyl (C=O) groups excluding carboxylic acids is 1. The minimum atomic E-state index is -0.533. The largest absolute Gasteiger partial charge is 0.468 e. The van der Waals surface area contributed by atoms with E-state index in [-0.39, 0.29) is 5.97 Å². The zero-order chi connectivity index (χ0) is 16.2. The Labute approximate surface area is 138 Å². The lowest BCUT2D eigenvalue weighted by molar-refractivity contribution is -0.143. The molecule has 0 saturated heterocycles. The third-order valence-electron chi connectivity index (χ3n) is 3.52. The quantitative estimate of drug-likeness (QED) is 0.731. The van der Waals surface area contributed by atoms with Gasteiger partial charge in [0, 0.05) is 18.9 Å². The second-order valence-electron chi connectivity index (χ2n) is 5.09. The van der Waals surface area contributed by atoms with Crippen LogP contribution in [0, 0.1) is 0 Å². The summed E-state index contributed by atoms with van der Waals surface area (Å²) < 4.78 is 6.74. The molecule has 0 aliphatic heterocycles. The molecule has 23 heavy (non-hydrogen) atoms. The number of pyridine rings is 1. The van der Waals surface area contributed by atoms with Crippen LogP contribution in [-0.4, -0.2) is 22.5 Å². The van der Waals surface area contributed by atoms with Gasteiger partial charge in [0.1, 0.15) is 11.7 Å². The summed E-state index contributed by atoms with van der Waals surface area (Å²) in [6, 6.07) is 12.6. The summed E-state index contributed by atoms with van der Waals surface area (Å²) in [5, 5.41) is 3.84. The van der Waals surface area contributed by atoms with Crippen LogP contribution in [-0.2, 0) is 16.1 Å². The van der Waals surface area contributed by atoms with Crippen molar-refractivity contribution in [3.05, 3.63) is 71.1 Å². The highest BCUT2D eigenvalue weighted by molar-refractivity contribution is 6.30. The maximum absolute atomic E-state index is 12.0. The molecule has 3 rings (SSSR count). The lowest BCUT2D eigenvalue weighted by atomic mass is 10.1.